The highest BCUT2D eigenvalue weighted by Gasteiger charge is 2.31. The Labute approximate surface area is 148 Å². The standard InChI is InChI=1S/C19H26N4O2/c1-13(2)17-21-19(25-22-17)14(3)23-11-7-8-15(12-23)18(24)20-16-9-5-4-6-10-16/h4-6,9-10,13-15H,7-8,11-12H2,1-3H3,(H,20,24)/t14-,15+/m0/s1. The average Bonchev–Trinajstić information content (AvgIpc) is 3.12. The van der Waals surface area contributed by atoms with Gasteiger partial charge in [0.05, 0.1) is 12.0 Å². The largest absolute Gasteiger partial charge is 0.338 e. The second-order valence-corrected chi connectivity index (χ2v) is 7.01. The predicted molar refractivity (Wildman–Crippen MR) is 96.2 cm³/mol. The van der Waals surface area contributed by atoms with Gasteiger partial charge in [-0.05, 0) is 38.4 Å². The molecular weight excluding hydrogens is 316 g/mol. The molecule has 1 amide bonds. The van der Waals surface area contributed by atoms with E-state index in [0.717, 1.165) is 30.9 Å². The Morgan fingerprint density at radius 1 is 1.28 bits per heavy atom. The number of piperidine rings is 1. The van der Waals surface area contributed by atoms with Crippen LogP contribution in [0.1, 0.15) is 57.3 Å². The Hall–Kier alpha value is -2.21. The van der Waals surface area contributed by atoms with E-state index < -0.39 is 0 Å². The zero-order valence-electron chi connectivity index (χ0n) is 15.1. The Bertz CT molecular complexity index is 698. The molecule has 0 radical (unpaired) electrons. The highest BCUT2D eigenvalue weighted by atomic mass is 16.5. The van der Waals surface area contributed by atoms with Gasteiger partial charge in [-0.25, -0.2) is 0 Å². The smallest absolute Gasteiger partial charge is 0.243 e. The van der Waals surface area contributed by atoms with E-state index in [4.69, 9.17) is 4.52 Å². The minimum Gasteiger partial charge on any atom is -0.338 e. The molecular formula is C19H26N4O2. The van der Waals surface area contributed by atoms with Crippen molar-refractivity contribution >= 4 is 11.6 Å². The minimum absolute atomic E-state index is 0.0207. The van der Waals surface area contributed by atoms with E-state index in [1.165, 1.54) is 0 Å². The molecule has 1 aliphatic rings. The van der Waals surface area contributed by atoms with Gasteiger partial charge in [-0.3, -0.25) is 9.69 Å². The third kappa shape index (κ3) is 4.25. The lowest BCUT2D eigenvalue weighted by atomic mass is 9.96. The number of rotatable bonds is 5. The van der Waals surface area contributed by atoms with Gasteiger partial charge in [0, 0.05) is 18.2 Å². The van der Waals surface area contributed by atoms with Crippen molar-refractivity contribution in [1.82, 2.24) is 15.0 Å². The topological polar surface area (TPSA) is 71.3 Å². The monoisotopic (exact) mass is 342 g/mol. The molecule has 0 aliphatic carbocycles. The molecule has 1 aromatic heterocycles. The van der Waals surface area contributed by atoms with Crippen LogP contribution in [0.15, 0.2) is 34.9 Å². The van der Waals surface area contributed by atoms with Crippen molar-refractivity contribution in [2.24, 2.45) is 5.92 Å². The van der Waals surface area contributed by atoms with E-state index in [2.05, 4.69) is 27.3 Å². The van der Waals surface area contributed by atoms with Gasteiger partial charge in [0.2, 0.25) is 11.8 Å². The van der Waals surface area contributed by atoms with Gasteiger partial charge in [-0.15, -0.1) is 0 Å². The van der Waals surface area contributed by atoms with E-state index in [1.54, 1.807) is 0 Å². The van der Waals surface area contributed by atoms with Crippen molar-refractivity contribution in [2.75, 3.05) is 18.4 Å². The van der Waals surface area contributed by atoms with Crippen LogP contribution in [0.4, 0.5) is 5.69 Å². The van der Waals surface area contributed by atoms with Crippen LogP contribution < -0.4 is 5.32 Å². The number of hydrogen-bond donors (Lipinski definition) is 1. The molecule has 1 aromatic carbocycles. The molecule has 0 saturated carbocycles. The van der Waals surface area contributed by atoms with Crippen molar-refractivity contribution in [1.29, 1.82) is 0 Å². The number of likely N-dealkylation sites (tertiary alicyclic amines) is 1. The molecule has 2 atom stereocenters. The number of amides is 1. The minimum atomic E-state index is -0.0242. The number of anilines is 1. The molecule has 25 heavy (non-hydrogen) atoms. The molecule has 1 saturated heterocycles. The van der Waals surface area contributed by atoms with E-state index in [1.807, 2.05) is 44.2 Å². The molecule has 0 bridgehead atoms. The molecule has 1 aliphatic heterocycles. The van der Waals surface area contributed by atoms with E-state index in [9.17, 15) is 4.79 Å². The summed E-state index contributed by atoms with van der Waals surface area (Å²) in [6.07, 6.45) is 1.89. The predicted octanol–water partition coefficient (Wildman–Crippen LogP) is 3.60. The number of benzene rings is 1. The van der Waals surface area contributed by atoms with Crippen LogP contribution in [0.5, 0.6) is 0 Å². The molecule has 2 heterocycles. The first-order chi connectivity index (χ1) is 12.0. The van der Waals surface area contributed by atoms with Gasteiger partial charge in [0.1, 0.15) is 0 Å². The second-order valence-electron chi connectivity index (χ2n) is 7.01. The summed E-state index contributed by atoms with van der Waals surface area (Å²) in [6.45, 7) is 7.80. The molecule has 1 fully saturated rings. The third-order valence-corrected chi connectivity index (χ3v) is 4.74. The highest BCUT2D eigenvalue weighted by molar-refractivity contribution is 5.92. The van der Waals surface area contributed by atoms with Crippen molar-refractivity contribution in [3.63, 3.8) is 0 Å². The Morgan fingerprint density at radius 2 is 2.04 bits per heavy atom. The summed E-state index contributed by atoms with van der Waals surface area (Å²) >= 11 is 0. The molecule has 6 nitrogen and oxygen atoms in total. The van der Waals surface area contributed by atoms with Gasteiger partial charge in [0.25, 0.3) is 0 Å². The molecule has 0 unspecified atom stereocenters. The first kappa shape index (κ1) is 17.6. The summed E-state index contributed by atoms with van der Waals surface area (Å²) in [5.41, 5.74) is 0.844. The maximum absolute atomic E-state index is 12.6. The Balaban J connectivity index is 1.62. The molecule has 2 aromatic rings. The average molecular weight is 342 g/mol. The van der Waals surface area contributed by atoms with Gasteiger partial charge in [0.15, 0.2) is 5.82 Å². The van der Waals surface area contributed by atoms with Crippen LogP contribution in [-0.4, -0.2) is 34.0 Å². The molecule has 6 heteroatoms. The number of carbonyl (C=O) groups excluding carboxylic acids is 1. The summed E-state index contributed by atoms with van der Waals surface area (Å²) in [7, 11) is 0. The van der Waals surface area contributed by atoms with Gasteiger partial charge >= 0.3 is 0 Å². The number of aromatic nitrogens is 2. The van der Waals surface area contributed by atoms with E-state index in [-0.39, 0.29) is 23.8 Å². The van der Waals surface area contributed by atoms with Crippen molar-refractivity contribution in [2.45, 2.75) is 45.6 Å². The zero-order chi connectivity index (χ0) is 17.8. The fourth-order valence-corrected chi connectivity index (χ4v) is 3.15. The third-order valence-electron chi connectivity index (χ3n) is 4.74. The Kier molecular flexibility index (Phi) is 5.48. The normalized spacial score (nSPS) is 19.8. The van der Waals surface area contributed by atoms with Crippen molar-refractivity contribution in [3.8, 4) is 0 Å². The summed E-state index contributed by atoms with van der Waals surface area (Å²) in [5, 5.41) is 7.06. The van der Waals surface area contributed by atoms with Crippen molar-refractivity contribution in [3.05, 3.63) is 42.0 Å². The number of para-hydroxylation sites is 1. The van der Waals surface area contributed by atoms with Gasteiger partial charge < -0.3 is 9.84 Å². The van der Waals surface area contributed by atoms with Gasteiger partial charge in [-0.2, -0.15) is 4.98 Å². The fourth-order valence-electron chi connectivity index (χ4n) is 3.15. The van der Waals surface area contributed by atoms with E-state index in [0.29, 0.717) is 12.4 Å². The summed E-state index contributed by atoms with van der Waals surface area (Å²) < 4.78 is 5.43. The number of hydrogen-bond acceptors (Lipinski definition) is 5. The molecule has 3 rings (SSSR count). The molecule has 0 spiro atoms. The van der Waals surface area contributed by atoms with Crippen LogP contribution in [0.25, 0.3) is 0 Å². The lowest BCUT2D eigenvalue weighted by Gasteiger charge is -2.34. The first-order valence-corrected chi connectivity index (χ1v) is 8.98. The number of nitrogens with zero attached hydrogens (tertiary/aromatic N) is 3. The van der Waals surface area contributed by atoms with Crippen LogP contribution in [0, 0.1) is 5.92 Å². The van der Waals surface area contributed by atoms with E-state index >= 15 is 0 Å². The van der Waals surface area contributed by atoms with Crippen LogP contribution in [0.2, 0.25) is 0 Å². The van der Waals surface area contributed by atoms with Crippen molar-refractivity contribution < 1.29 is 9.32 Å². The maximum atomic E-state index is 12.6. The SMILES string of the molecule is CC(C)c1noc([C@H](C)N2CCC[C@@H](C(=O)Nc3ccccc3)C2)n1. The lowest BCUT2D eigenvalue weighted by Crippen LogP contribution is -2.41. The maximum Gasteiger partial charge on any atom is 0.243 e. The quantitative estimate of drug-likeness (QED) is 0.899. The second kappa shape index (κ2) is 7.78. The van der Waals surface area contributed by atoms with Crippen LogP contribution in [-0.2, 0) is 4.79 Å². The highest BCUT2D eigenvalue weighted by Crippen LogP contribution is 2.27. The molecule has 1 N–H and O–H groups in total. The Morgan fingerprint density at radius 3 is 2.72 bits per heavy atom. The zero-order valence-corrected chi connectivity index (χ0v) is 15.1. The number of carbonyl (C=O) groups is 1. The summed E-state index contributed by atoms with van der Waals surface area (Å²) in [5.74, 6) is 1.67. The summed E-state index contributed by atoms with van der Waals surface area (Å²) in [6, 6.07) is 9.63. The van der Waals surface area contributed by atoms with Crippen LogP contribution in [0.3, 0.4) is 0 Å². The summed E-state index contributed by atoms with van der Waals surface area (Å²) in [4.78, 5) is 19.3. The number of nitrogens with one attached hydrogen (secondary N) is 1. The van der Waals surface area contributed by atoms with Gasteiger partial charge in [-0.1, -0.05) is 37.2 Å². The molecule has 134 valence electrons. The lowest BCUT2D eigenvalue weighted by molar-refractivity contribution is -0.121. The fraction of sp³-hybridized carbons (Fsp3) is 0.526. The van der Waals surface area contributed by atoms with Crippen LogP contribution >= 0.6 is 0 Å². The first-order valence-electron chi connectivity index (χ1n) is 8.98.